The van der Waals surface area contributed by atoms with Crippen molar-refractivity contribution >= 4 is 55.0 Å². The molecule has 0 aliphatic heterocycles. The average Bonchev–Trinajstić information content (AvgIpc) is 3.37. The second-order valence-electron chi connectivity index (χ2n) is 6.09. The van der Waals surface area contributed by atoms with Gasteiger partial charge in [-0.1, -0.05) is 11.4 Å². The van der Waals surface area contributed by atoms with E-state index in [0.29, 0.717) is 34.1 Å². The highest BCUT2D eigenvalue weighted by molar-refractivity contribution is 7.89. The van der Waals surface area contributed by atoms with Crippen molar-refractivity contribution in [3.63, 3.8) is 0 Å². The molecule has 2 heterocycles. The van der Waals surface area contributed by atoms with Crippen molar-refractivity contribution in [2.75, 3.05) is 32.0 Å². The number of carbonyl (C=O) groups excluding carboxylic acids is 1. The van der Waals surface area contributed by atoms with Gasteiger partial charge in [0.25, 0.3) is 10.0 Å². The molecule has 12 heteroatoms. The van der Waals surface area contributed by atoms with E-state index in [-0.39, 0.29) is 28.9 Å². The molecular formula is C18H20ClN3O6S2. The number of rotatable bonds is 9. The van der Waals surface area contributed by atoms with Crippen molar-refractivity contribution in [2.24, 2.45) is 0 Å². The lowest BCUT2D eigenvalue weighted by atomic mass is 10.2. The van der Waals surface area contributed by atoms with Gasteiger partial charge in [0.05, 0.1) is 18.6 Å². The largest absolute Gasteiger partial charge is 0.493 e. The van der Waals surface area contributed by atoms with Gasteiger partial charge in [0.15, 0.2) is 22.2 Å². The molecule has 0 radical (unpaired) electrons. The minimum atomic E-state index is -3.94. The van der Waals surface area contributed by atoms with Crippen LogP contribution >= 0.6 is 22.9 Å². The average molecular weight is 474 g/mol. The van der Waals surface area contributed by atoms with E-state index in [4.69, 9.17) is 25.6 Å². The number of hydroxylamine groups is 1. The number of carbonyl (C=O) groups is 1. The zero-order valence-electron chi connectivity index (χ0n) is 16.5. The SMILES string of the molecule is CCCON(C)S(=O)(=O)c1ccc(OC)c2oc(-c3csc(NC(=O)CCl)n3)cc12. The molecule has 30 heavy (non-hydrogen) atoms. The molecule has 2 aromatic heterocycles. The van der Waals surface area contributed by atoms with Crippen LogP contribution in [0.3, 0.4) is 0 Å². The summed E-state index contributed by atoms with van der Waals surface area (Å²) in [5.41, 5.74) is 0.693. The maximum atomic E-state index is 13.0. The first-order valence-electron chi connectivity index (χ1n) is 8.85. The van der Waals surface area contributed by atoms with E-state index in [1.165, 1.54) is 37.6 Å². The maximum absolute atomic E-state index is 13.0. The van der Waals surface area contributed by atoms with Crippen LogP contribution in [0.5, 0.6) is 5.75 Å². The van der Waals surface area contributed by atoms with Crippen molar-refractivity contribution in [3.8, 4) is 17.2 Å². The van der Waals surface area contributed by atoms with Gasteiger partial charge >= 0.3 is 0 Å². The number of alkyl halides is 1. The number of fused-ring (bicyclic) bond motifs is 1. The standard InChI is InChI=1S/C18H20ClN3O6S2/c1-4-7-27-22(2)30(24,25)15-6-5-13(26-3)17-11(15)8-14(28-17)12-10-29-18(20-12)21-16(23)9-19/h5-6,8,10H,4,7,9H2,1-3H3,(H,20,21,23). The van der Waals surface area contributed by atoms with Gasteiger partial charge in [-0.3, -0.25) is 9.63 Å². The van der Waals surface area contributed by atoms with E-state index in [1.807, 2.05) is 6.92 Å². The molecule has 0 bridgehead atoms. The molecule has 0 aliphatic rings. The Kier molecular flexibility index (Phi) is 6.98. The fraction of sp³-hybridized carbons (Fsp3) is 0.333. The summed E-state index contributed by atoms with van der Waals surface area (Å²) in [6, 6.07) is 4.53. The Bertz CT molecular complexity index is 1160. The quantitative estimate of drug-likeness (QED) is 0.372. The molecule has 3 aromatic rings. The third-order valence-electron chi connectivity index (χ3n) is 4.05. The monoisotopic (exact) mass is 473 g/mol. The number of sulfonamides is 1. The molecule has 1 aromatic carbocycles. The molecule has 3 rings (SSSR count). The lowest BCUT2D eigenvalue weighted by molar-refractivity contribution is -0.113. The van der Waals surface area contributed by atoms with E-state index < -0.39 is 10.0 Å². The van der Waals surface area contributed by atoms with Gasteiger partial charge in [0.1, 0.15) is 11.6 Å². The van der Waals surface area contributed by atoms with Crippen LogP contribution in [0.25, 0.3) is 22.4 Å². The van der Waals surface area contributed by atoms with Crippen LogP contribution in [0, 0.1) is 0 Å². The smallest absolute Gasteiger partial charge is 0.265 e. The fourth-order valence-corrected chi connectivity index (χ4v) is 4.55. The highest BCUT2D eigenvalue weighted by Gasteiger charge is 2.27. The Morgan fingerprint density at radius 3 is 2.83 bits per heavy atom. The maximum Gasteiger partial charge on any atom is 0.265 e. The highest BCUT2D eigenvalue weighted by Crippen LogP contribution is 2.38. The molecule has 0 fully saturated rings. The summed E-state index contributed by atoms with van der Waals surface area (Å²) in [4.78, 5) is 21.0. The number of ether oxygens (including phenoxy) is 1. The number of methoxy groups -OCH3 is 1. The van der Waals surface area contributed by atoms with Crippen LogP contribution < -0.4 is 10.1 Å². The minimum Gasteiger partial charge on any atom is -0.493 e. The number of nitrogens with zero attached hydrogens (tertiary/aromatic N) is 2. The minimum absolute atomic E-state index is 0.0119. The first-order valence-corrected chi connectivity index (χ1v) is 11.7. The molecule has 162 valence electrons. The summed E-state index contributed by atoms with van der Waals surface area (Å²) in [5, 5.41) is 4.92. The number of furan rings is 1. The second-order valence-corrected chi connectivity index (χ2v) is 9.12. The predicted molar refractivity (Wildman–Crippen MR) is 114 cm³/mol. The zero-order chi connectivity index (χ0) is 21.9. The molecule has 0 saturated heterocycles. The molecule has 0 unspecified atom stereocenters. The summed E-state index contributed by atoms with van der Waals surface area (Å²) in [6.07, 6.45) is 0.667. The van der Waals surface area contributed by atoms with E-state index in [9.17, 15) is 13.2 Å². The lowest BCUT2D eigenvalue weighted by Crippen LogP contribution is -2.27. The number of nitrogens with one attached hydrogen (secondary N) is 1. The van der Waals surface area contributed by atoms with Gasteiger partial charge < -0.3 is 14.5 Å². The van der Waals surface area contributed by atoms with Gasteiger partial charge in [-0.25, -0.2) is 13.4 Å². The summed E-state index contributed by atoms with van der Waals surface area (Å²) in [7, 11) is -1.14. The first kappa shape index (κ1) is 22.5. The number of amides is 1. The Morgan fingerprint density at radius 2 is 2.17 bits per heavy atom. The van der Waals surface area contributed by atoms with Gasteiger partial charge in [0.2, 0.25) is 5.91 Å². The molecular weight excluding hydrogens is 454 g/mol. The molecule has 1 N–H and O–H groups in total. The Balaban J connectivity index is 2.06. The van der Waals surface area contributed by atoms with E-state index in [2.05, 4.69) is 10.3 Å². The van der Waals surface area contributed by atoms with Gasteiger partial charge in [0, 0.05) is 17.8 Å². The van der Waals surface area contributed by atoms with Gasteiger partial charge in [-0.15, -0.1) is 22.9 Å². The van der Waals surface area contributed by atoms with Crippen molar-refractivity contribution < 1.29 is 27.2 Å². The number of halogens is 1. The molecule has 0 atom stereocenters. The summed E-state index contributed by atoms with van der Waals surface area (Å²) < 4.78 is 38.0. The number of benzene rings is 1. The Labute approximate surface area is 182 Å². The van der Waals surface area contributed by atoms with Crippen molar-refractivity contribution in [3.05, 3.63) is 23.6 Å². The van der Waals surface area contributed by atoms with Crippen molar-refractivity contribution in [1.82, 2.24) is 9.45 Å². The molecule has 1 amide bonds. The van der Waals surface area contributed by atoms with E-state index >= 15 is 0 Å². The number of thiazole rings is 1. The zero-order valence-corrected chi connectivity index (χ0v) is 18.9. The lowest BCUT2D eigenvalue weighted by Gasteiger charge is -2.17. The fourth-order valence-electron chi connectivity index (χ4n) is 2.61. The number of hydrogen-bond acceptors (Lipinski definition) is 8. The topological polar surface area (TPSA) is 111 Å². The van der Waals surface area contributed by atoms with Crippen LogP contribution in [0.1, 0.15) is 13.3 Å². The predicted octanol–water partition coefficient (Wildman–Crippen LogP) is 3.70. The van der Waals surface area contributed by atoms with E-state index in [1.54, 1.807) is 11.4 Å². The van der Waals surface area contributed by atoms with Crippen LogP contribution in [-0.2, 0) is 19.7 Å². The Hall–Kier alpha value is -2.18. The van der Waals surface area contributed by atoms with Crippen LogP contribution in [-0.4, -0.2) is 50.4 Å². The summed E-state index contributed by atoms with van der Waals surface area (Å²) in [5.74, 6) is 0.127. The molecule has 0 spiro atoms. The molecule has 0 saturated carbocycles. The normalized spacial score (nSPS) is 11.9. The molecule has 0 aliphatic carbocycles. The third kappa shape index (κ3) is 4.44. The first-order chi connectivity index (χ1) is 14.3. The Morgan fingerprint density at radius 1 is 1.40 bits per heavy atom. The van der Waals surface area contributed by atoms with Crippen LogP contribution in [0.2, 0.25) is 0 Å². The highest BCUT2D eigenvalue weighted by atomic mass is 35.5. The van der Waals surface area contributed by atoms with Gasteiger partial charge in [-0.05, 0) is 24.6 Å². The number of anilines is 1. The third-order valence-corrected chi connectivity index (χ3v) is 6.74. The van der Waals surface area contributed by atoms with Crippen molar-refractivity contribution in [1.29, 1.82) is 0 Å². The number of hydrogen-bond donors (Lipinski definition) is 1. The van der Waals surface area contributed by atoms with Gasteiger partial charge in [-0.2, -0.15) is 0 Å². The summed E-state index contributed by atoms with van der Waals surface area (Å²) >= 11 is 6.68. The second kappa shape index (κ2) is 9.31. The number of aromatic nitrogens is 1. The van der Waals surface area contributed by atoms with Crippen LogP contribution in [0.15, 0.2) is 32.9 Å². The summed E-state index contributed by atoms with van der Waals surface area (Å²) in [6.45, 7) is 2.15. The van der Waals surface area contributed by atoms with Crippen LogP contribution in [0.4, 0.5) is 5.13 Å². The van der Waals surface area contributed by atoms with Crippen molar-refractivity contribution in [2.45, 2.75) is 18.2 Å². The van der Waals surface area contributed by atoms with E-state index in [0.717, 1.165) is 4.47 Å². The molecule has 9 nitrogen and oxygen atoms in total.